The Kier molecular flexibility index (Phi) is 5.03. The smallest absolute Gasteiger partial charge is 0.306 e. The first-order valence-corrected chi connectivity index (χ1v) is 7.49. The van der Waals surface area contributed by atoms with Crippen molar-refractivity contribution in [3.8, 4) is 0 Å². The van der Waals surface area contributed by atoms with Gasteiger partial charge in [-0.15, -0.1) is 0 Å². The second kappa shape index (κ2) is 6.77. The predicted octanol–water partition coefficient (Wildman–Crippen LogP) is 0.708. The monoisotopic (exact) mass is 310 g/mol. The van der Waals surface area contributed by atoms with Crippen LogP contribution < -0.4 is 5.56 Å². The molecule has 0 aliphatic rings. The van der Waals surface area contributed by atoms with Crippen LogP contribution in [-0.2, 0) is 22.5 Å². The van der Waals surface area contributed by atoms with E-state index in [2.05, 4.69) is 14.8 Å². The highest BCUT2D eigenvalue weighted by Gasteiger charge is 2.10. The quantitative estimate of drug-likeness (QED) is 0.731. The second-order valence-electron chi connectivity index (χ2n) is 4.69. The van der Waals surface area contributed by atoms with Gasteiger partial charge < -0.3 is 4.74 Å². The van der Waals surface area contributed by atoms with Crippen molar-refractivity contribution in [2.45, 2.75) is 26.3 Å². The van der Waals surface area contributed by atoms with Crippen molar-refractivity contribution in [1.29, 1.82) is 0 Å². The summed E-state index contributed by atoms with van der Waals surface area (Å²) in [7, 11) is 3.24. The van der Waals surface area contributed by atoms with Crippen LogP contribution in [0.2, 0.25) is 0 Å². The number of carbonyl (C=O) groups excluding carboxylic acids is 1. The molecule has 7 nitrogen and oxygen atoms in total. The Morgan fingerprint density at radius 1 is 1.52 bits per heavy atom. The van der Waals surface area contributed by atoms with Gasteiger partial charge in [0.2, 0.25) is 4.96 Å². The number of hydrogen-bond donors (Lipinski definition) is 0. The number of esters is 1. The Hall–Kier alpha value is -1.80. The number of hydrogen-bond acceptors (Lipinski definition) is 7. The molecule has 2 aromatic heterocycles. The van der Waals surface area contributed by atoms with Crippen LogP contribution in [0.3, 0.4) is 0 Å². The lowest BCUT2D eigenvalue weighted by Crippen LogP contribution is -2.24. The van der Waals surface area contributed by atoms with Crippen molar-refractivity contribution in [1.82, 2.24) is 19.5 Å². The summed E-state index contributed by atoms with van der Waals surface area (Å²) in [4.78, 5) is 30.1. The van der Waals surface area contributed by atoms with E-state index in [1.165, 1.54) is 29.0 Å². The number of rotatable bonds is 6. The molecule has 0 aliphatic heterocycles. The van der Waals surface area contributed by atoms with Crippen LogP contribution in [0, 0.1) is 0 Å². The number of aromatic nitrogens is 3. The van der Waals surface area contributed by atoms with Crippen LogP contribution in [0.25, 0.3) is 4.96 Å². The third-order valence-corrected chi connectivity index (χ3v) is 4.05. The maximum atomic E-state index is 12.0. The summed E-state index contributed by atoms with van der Waals surface area (Å²) in [5.74, 6) is -0.250. The zero-order chi connectivity index (χ0) is 15.4. The van der Waals surface area contributed by atoms with Crippen molar-refractivity contribution in [3.63, 3.8) is 0 Å². The Balaban J connectivity index is 2.11. The van der Waals surface area contributed by atoms with Crippen LogP contribution in [0.15, 0.2) is 10.9 Å². The van der Waals surface area contributed by atoms with Gasteiger partial charge in [0.05, 0.1) is 19.2 Å². The first-order chi connectivity index (χ1) is 10.0. The molecule has 0 spiro atoms. The van der Waals surface area contributed by atoms with Crippen LogP contribution in [-0.4, -0.2) is 46.2 Å². The van der Waals surface area contributed by atoms with E-state index < -0.39 is 0 Å². The van der Waals surface area contributed by atoms with Crippen molar-refractivity contribution in [2.75, 3.05) is 20.7 Å². The molecular weight excluding hydrogens is 292 g/mol. The van der Waals surface area contributed by atoms with Gasteiger partial charge >= 0.3 is 5.97 Å². The van der Waals surface area contributed by atoms with E-state index in [9.17, 15) is 9.59 Å². The van der Waals surface area contributed by atoms with Gasteiger partial charge in [-0.3, -0.25) is 14.5 Å². The van der Waals surface area contributed by atoms with Gasteiger partial charge in [-0.05, 0) is 13.5 Å². The van der Waals surface area contributed by atoms with Gasteiger partial charge in [-0.25, -0.2) is 4.98 Å². The van der Waals surface area contributed by atoms with E-state index in [1.54, 1.807) is 0 Å². The van der Waals surface area contributed by atoms with Crippen LogP contribution >= 0.6 is 11.3 Å². The molecule has 0 aliphatic carbocycles. The number of fused-ring (bicyclic) bond motifs is 1. The summed E-state index contributed by atoms with van der Waals surface area (Å²) >= 11 is 1.42. The van der Waals surface area contributed by atoms with Crippen LogP contribution in [0.4, 0.5) is 0 Å². The number of carbonyl (C=O) groups is 1. The van der Waals surface area contributed by atoms with E-state index in [1.807, 2.05) is 18.9 Å². The minimum Gasteiger partial charge on any atom is -0.469 e. The molecule has 0 fully saturated rings. The van der Waals surface area contributed by atoms with E-state index >= 15 is 0 Å². The molecule has 0 aromatic carbocycles. The highest BCUT2D eigenvalue weighted by molar-refractivity contribution is 7.16. The molecular formula is C13H18N4O3S. The molecule has 0 unspecified atom stereocenters. The molecule has 2 aromatic rings. The molecule has 0 saturated heterocycles. The zero-order valence-electron chi connectivity index (χ0n) is 12.3. The standard InChI is InChI=1S/C13H18N4O3S/c1-4-10-15-17-11(18)7-9(14-13(17)21-10)8-16(2)6-5-12(19)20-3/h7H,4-6,8H2,1-3H3. The van der Waals surface area contributed by atoms with Crippen molar-refractivity contribution < 1.29 is 9.53 Å². The van der Waals surface area contributed by atoms with Crippen LogP contribution in [0.1, 0.15) is 24.0 Å². The SMILES string of the molecule is CCc1nn2c(=O)cc(CN(C)CCC(=O)OC)nc2s1. The molecule has 0 atom stereocenters. The molecule has 8 heteroatoms. The van der Waals surface area contributed by atoms with Crippen molar-refractivity contribution in [3.05, 3.63) is 27.1 Å². The molecule has 2 heterocycles. The van der Waals surface area contributed by atoms with Crippen LogP contribution in [0.5, 0.6) is 0 Å². The maximum absolute atomic E-state index is 12.0. The van der Waals surface area contributed by atoms with E-state index in [-0.39, 0.29) is 11.5 Å². The number of nitrogens with zero attached hydrogens (tertiary/aromatic N) is 4. The fraction of sp³-hybridized carbons (Fsp3) is 0.538. The molecule has 0 bridgehead atoms. The normalized spacial score (nSPS) is 11.2. The Morgan fingerprint density at radius 3 is 2.95 bits per heavy atom. The summed E-state index contributed by atoms with van der Waals surface area (Å²) in [6, 6.07) is 1.49. The summed E-state index contributed by atoms with van der Waals surface area (Å²) in [6.07, 6.45) is 1.09. The third kappa shape index (κ3) is 3.85. The lowest BCUT2D eigenvalue weighted by molar-refractivity contribution is -0.140. The fourth-order valence-electron chi connectivity index (χ4n) is 1.86. The average Bonchev–Trinajstić information content (AvgIpc) is 2.88. The molecule has 2 rings (SSSR count). The first-order valence-electron chi connectivity index (χ1n) is 6.67. The van der Waals surface area contributed by atoms with Crippen molar-refractivity contribution in [2.24, 2.45) is 0 Å². The molecule has 0 saturated carbocycles. The Labute approximate surface area is 126 Å². The Bertz CT molecular complexity index is 694. The van der Waals surface area contributed by atoms with Gasteiger partial charge in [0.25, 0.3) is 5.56 Å². The zero-order valence-corrected chi connectivity index (χ0v) is 13.1. The highest BCUT2D eigenvalue weighted by Crippen LogP contribution is 2.12. The topological polar surface area (TPSA) is 76.8 Å². The molecule has 0 radical (unpaired) electrons. The minimum absolute atomic E-state index is 0.174. The Morgan fingerprint density at radius 2 is 2.29 bits per heavy atom. The highest BCUT2D eigenvalue weighted by atomic mass is 32.1. The molecule has 21 heavy (non-hydrogen) atoms. The van der Waals surface area contributed by atoms with Gasteiger partial charge in [0.15, 0.2) is 0 Å². The van der Waals surface area contributed by atoms with Crippen molar-refractivity contribution >= 4 is 22.3 Å². The lowest BCUT2D eigenvalue weighted by atomic mass is 10.3. The molecule has 114 valence electrons. The minimum atomic E-state index is -0.250. The summed E-state index contributed by atoms with van der Waals surface area (Å²) in [5, 5.41) is 5.09. The van der Waals surface area contributed by atoms with Gasteiger partial charge in [0.1, 0.15) is 5.01 Å². The number of ether oxygens (including phenoxy) is 1. The maximum Gasteiger partial charge on any atom is 0.306 e. The predicted molar refractivity (Wildman–Crippen MR) is 79.5 cm³/mol. The lowest BCUT2D eigenvalue weighted by Gasteiger charge is -2.14. The number of methoxy groups -OCH3 is 1. The summed E-state index contributed by atoms with van der Waals surface area (Å²) in [6.45, 7) is 3.04. The largest absolute Gasteiger partial charge is 0.469 e. The van der Waals surface area contributed by atoms with E-state index in [0.717, 1.165) is 11.4 Å². The molecule has 0 amide bonds. The van der Waals surface area contributed by atoms with E-state index in [0.29, 0.717) is 30.2 Å². The van der Waals surface area contributed by atoms with E-state index in [4.69, 9.17) is 0 Å². The van der Waals surface area contributed by atoms with Gasteiger partial charge in [-0.2, -0.15) is 9.61 Å². The first kappa shape index (κ1) is 15.6. The summed E-state index contributed by atoms with van der Waals surface area (Å²) < 4.78 is 5.94. The van der Waals surface area contributed by atoms with Gasteiger partial charge in [0, 0.05) is 19.2 Å². The summed E-state index contributed by atoms with van der Waals surface area (Å²) in [5.41, 5.74) is 0.506. The fourth-order valence-corrected chi connectivity index (χ4v) is 2.72. The number of aryl methyl sites for hydroxylation is 1. The second-order valence-corrected chi connectivity index (χ2v) is 5.73. The van der Waals surface area contributed by atoms with Gasteiger partial charge in [-0.1, -0.05) is 18.3 Å². The third-order valence-electron chi connectivity index (χ3n) is 3.00. The average molecular weight is 310 g/mol. The molecule has 0 N–H and O–H groups in total.